The van der Waals surface area contributed by atoms with Crippen LogP contribution in [0.5, 0.6) is 0 Å². The van der Waals surface area contributed by atoms with Gasteiger partial charge in [0, 0.05) is 11.3 Å². The Morgan fingerprint density at radius 2 is 2.11 bits per heavy atom. The van der Waals surface area contributed by atoms with Crippen molar-refractivity contribution in [2.24, 2.45) is 0 Å². The summed E-state index contributed by atoms with van der Waals surface area (Å²) in [7, 11) is 0. The number of aromatic nitrogens is 2. The van der Waals surface area contributed by atoms with Gasteiger partial charge < -0.3 is 10.7 Å². The van der Waals surface area contributed by atoms with Crippen LogP contribution >= 0.6 is 27.3 Å². The number of anilines is 1. The van der Waals surface area contributed by atoms with Crippen molar-refractivity contribution in [3.05, 3.63) is 46.4 Å². The van der Waals surface area contributed by atoms with Crippen molar-refractivity contribution in [1.29, 1.82) is 0 Å². The number of hydrogen-bond donors (Lipinski definition) is 2. The Hall–Kier alpha value is -1.59. The Morgan fingerprint density at radius 3 is 2.83 bits per heavy atom. The van der Waals surface area contributed by atoms with Crippen LogP contribution in [0.4, 0.5) is 5.69 Å². The summed E-state index contributed by atoms with van der Waals surface area (Å²) in [4.78, 5) is 8.86. The molecule has 0 aliphatic carbocycles. The minimum Gasteiger partial charge on any atom is -0.399 e. The summed E-state index contributed by atoms with van der Waals surface area (Å²) in [6, 6.07) is 11.8. The van der Waals surface area contributed by atoms with Gasteiger partial charge >= 0.3 is 0 Å². The monoisotopic (exact) mass is 319 g/mol. The maximum atomic E-state index is 5.77. The van der Waals surface area contributed by atoms with Crippen LogP contribution in [0.25, 0.3) is 22.0 Å². The van der Waals surface area contributed by atoms with E-state index in [4.69, 9.17) is 5.73 Å². The third-order valence-electron chi connectivity index (χ3n) is 2.57. The molecule has 0 bridgehead atoms. The Morgan fingerprint density at radius 1 is 1.22 bits per heavy atom. The second kappa shape index (κ2) is 4.59. The van der Waals surface area contributed by atoms with Crippen LogP contribution in [0.2, 0.25) is 0 Å². The first-order valence-corrected chi connectivity index (χ1v) is 7.00. The minimum atomic E-state index is 0.740. The number of aromatic amines is 1. The van der Waals surface area contributed by atoms with Crippen molar-refractivity contribution < 1.29 is 0 Å². The van der Waals surface area contributed by atoms with E-state index >= 15 is 0 Å². The van der Waals surface area contributed by atoms with Gasteiger partial charge in [0.2, 0.25) is 0 Å². The quantitative estimate of drug-likeness (QED) is 0.697. The molecule has 0 saturated carbocycles. The van der Waals surface area contributed by atoms with Crippen molar-refractivity contribution >= 4 is 33.0 Å². The smallest absolute Gasteiger partial charge is 0.137 e. The maximum Gasteiger partial charge on any atom is 0.137 e. The van der Waals surface area contributed by atoms with Gasteiger partial charge in [-0.05, 0) is 40.2 Å². The van der Waals surface area contributed by atoms with Gasteiger partial charge in [-0.1, -0.05) is 12.1 Å². The highest BCUT2D eigenvalue weighted by atomic mass is 79.9. The average molecular weight is 320 g/mol. The third-order valence-corrected chi connectivity index (χ3v) is 4.23. The van der Waals surface area contributed by atoms with E-state index in [9.17, 15) is 0 Å². The number of H-pyrrole nitrogens is 1. The molecule has 3 N–H and O–H groups in total. The molecule has 0 spiro atoms. The van der Waals surface area contributed by atoms with Crippen LogP contribution in [0, 0.1) is 0 Å². The van der Waals surface area contributed by atoms with E-state index in [1.807, 2.05) is 36.5 Å². The van der Waals surface area contributed by atoms with E-state index in [2.05, 4.69) is 32.0 Å². The van der Waals surface area contributed by atoms with Crippen molar-refractivity contribution in [2.45, 2.75) is 0 Å². The van der Waals surface area contributed by atoms with Gasteiger partial charge in [0.05, 0.1) is 20.6 Å². The van der Waals surface area contributed by atoms with E-state index in [-0.39, 0.29) is 0 Å². The molecule has 5 heteroatoms. The number of nitrogens with zero attached hydrogens (tertiary/aromatic N) is 1. The summed E-state index contributed by atoms with van der Waals surface area (Å²) >= 11 is 5.13. The Balaban J connectivity index is 1.99. The molecular weight excluding hydrogens is 310 g/mol. The number of imidazole rings is 1. The van der Waals surface area contributed by atoms with Crippen molar-refractivity contribution in [2.75, 3.05) is 5.73 Å². The van der Waals surface area contributed by atoms with Crippen molar-refractivity contribution in [3.8, 4) is 22.0 Å². The van der Waals surface area contributed by atoms with Gasteiger partial charge in [-0.25, -0.2) is 4.98 Å². The molecule has 0 aliphatic heterocycles. The van der Waals surface area contributed by atoms with Crippen LogP contribution in [-0.4, -0.2) is 9.97 Å². The standard InChI is InChI=1S/C13H10BrN3S/c14-12-5-4-11(18-12)10-7-16-13(17-10)8-2-1-3-9(15)6-8/h1-7H,15H2,(H,16,17). The first-order valence-electron chi connectivity index (χ1n) is 5.39. The van der Waals surface area contributed by atoms with Crippen LogP contribution in [0.15, 0.2) is 46.4 Å². The van der Waals surface area contributed by atoms with Gasteiger partial charge in [-0.3, -0.25) is 0 Å². The van der Waals surface area contributed by atoms with E-state index in [0.717, 1.165) is 31.4 Å². The lowest BCUT2D eigenvalue weighted by atomic mass is 10.2. The first kappa shape index (κ1) is 11.5. The molecule has 0 unspecified atom stereocenters. The highest BCUT2D eigenvalue weighted by Crippen LogP contribution is 2.31. The van der Waals surface area contributed by atoms with Crippen LogP contribution in [0.1, 0.15) is 0 Å². The van der Waals surface area contributed by atoms with Crippen molar-refractivity contribution in [3.63, 3.8) is 0 Å². The molecule has 3 aromatic rings. The number of nitrogens with one attached hydrogen (secondary N) is 1. The Bertz CT molecular complexity index is 687. The highest BCUT2D eigenvalue weighted by molar-refractivity contribution is 9.11. The summed E-state index contributed by atoms with van der Waals surface area (Å²) in [6.07, 6.45) is 1.84. The SMILES string of the molecule is Nc1cccc(-c2ncc(-c3ccc(Br)s3)[nH]2)c1. The predicted molar refractivity (Wildman–Crippen MR) is 79.4 cm³/mol. The molecule has 0 fully saturated rings. The molecule has 18 heavy (non-hydrogen) atoms. The predicted octanol–water partition coefficient (Wildman–Crippen LogP) is 4.15. The molecule has 0 radical (unpaired) electrons. The van der Waals surface area contributed by atoms with Crippen LogP contribution < -0.4 is 5.73 Å². The van der Waals surface area contributed by atoms with Gasteiger partial charge in [0.25, 0.3) is 0 Å². The summed E-state index contributed by atoms with van der Waals surface area (Å²) < 4.78 is 1.11. The lowest BCUT2D eigenvalue weighted by Crippen LogP contribution is -1.86. The number of halogens is 1. The molecule has 90 valence electrons. The van der Waals surface area contributed by atoms with Gasteiger partial charge in [-0.15, -0.1) is 11.3 Å². The molecule has 3 rings (SSSR count). The minimum absolute atomic E-state index is 0.740. The average Bonchev–Trinajstić information content (AvgIpc) is 2.97. The second-order valence-electron chi connectivity index (χ2n) is 3.87. The number of nitrogen functional groups attached to an aromatic ring is 1. The molecule has 3 nitrogen and oxygen atoms in total. The summed E-state index contributed by atoms with van der Waals surface area (Å²) in [5.41, 5.74) is 8.53. The molecule has 2 heterocycles. The lowest BCUT2D eigenvalue weighted by Gasteiger charge is -1.98. The Kier molecular flexibility index (Phi) is 2.93. The zero-order chi connectivity index (χ0) is 12.5. The fourth-order valence-corrected chi connectivity index (χ4v) is 3.09. The number of nitrogens with two attached hydrogens (primary N) is 1. The van der Waals surface area contributed by atoms with E-state index < -0.39 is 0 Å². The van der Waals surface area contributed by atoms with Gasteiger partial charge in [0.15, 0.2) is 0 Å². The number of hydrogen-bond acceptors (Lipinski definition) is 3. The normalized spacial score (nSPS) is 10.7. The van der Waals surface area contributed by atoms with E-state index in [1.165, 1.54) is 0 Å². The Labute approximate surface area is 117 Å². The molecule has 0 aliphatic rings. The second-order valence-corrected chi connectivity index (χ2v) is 6.34. The molecule has 0 atom stereocenters. The van der Waals surface area contributed by atoms with E-state index in [0.29, 0.717) is 0 Å². The van der Waals surface area contributed by atoms with Crippen LogP contribution in [-0.2, 0) is 0 Å². The number of rotatable bonds is 2. The molecule has 1 aromatic carbocycles. The zero-order valence-corrected chi connectivity index (χ0v) is 11.8. The largest absolute Gasteiger partial charge is 0.399 e. The van der Waals surface area contributed by atoms with E-state index in [1.54, 1.807) is 11.3 Å². The van der Waals surface area contributed by atoms with Crippen LogP contribution in [0.3, 0.4) is 0 Å². The first-order chi connectivity index (χ1) is 8.72. The fourth-order valence-electron chi connectivity index (χ4n) is 1.74. The maximum absolute atomic E-state index is 5.77. The third kappa shape index (κ3) is 2.19. The van der Waals surface area contributed by atoms with Gasteiger partial charge in [-0.2, -0.15) is 0 Å². The number of thiophene rings is 1. The topological polar surface area (TPSA) is 54.7 Å². The molecule has 2 aromatic heterocycles. The van der Waals surface area contributed by atoms with Crippen molar-refractivity contribution in [1.82, 2.24) is 9.97 Å². The molecular formula is C13H10BrN3S. The molecule has 0 saturated heterocycles. The van der Waals surface area contributed by atoms with Gasteiger partial charge in [0.1, 0.15) is 5.82 Å². The summed E-state index contributed by atoms with van der Waals surface area (Å²) in [5.74, 6) is 0.835. The fraction of sp³-hybridized carbons (Fsp3) is 0. The lowest BCUT2D eigenvalue weighted by molar-refractivity contribution is 1.31. The highest BCUT2D eigenvalue weighted by Gasteiger charge is 2.07. The number of benzene rings is 1. The summed E-state index contributed by atoms with van der Waals surface area (Å²) in [5, 5.41) is 0. The summed E-state index contributed by atoms with van der Waals surface area (Å²) in [6.45, 7) is 0. The molecule has 0 amide bonds. The zero-order valence-electron chi connectivity index (χ0n) is 9.35.